The summed E-state index contributed by atoms with van der Waals surface area (Å²) in [6.45, 7) is 3.45. The van der Waals surface area contributed by atoms with Crippen molar-refractivity contribution in [1.29, 1.82) is 0 Å². The molecular formula is C3H4N4S. The van der Waals surface area contributed by atoms with Gasteiger partial charge in [-0.25, -0.2) is 4.68 Å². The third-order valence-electron chi connectivity index (χ3n) is 0.677. The van der Waals surface area contributed by atoms with Crippen molar-refractivity contribution in [3.8, 4) is 0 Å². The highest BCUT2D eigenvalue weighted by Crippen LogP contribution is 1.79. The molecule has 0 amide bonds. The Kier molecular flexibility index (Phi) is 1.21. The van der Waals surface area contributed by atoms with Gasteiger partial charge in [0.15, 0.2) is 0 Å². The fourth-order valence-electron chi connectivity index (χ4n) is 0.323. The van der Waals surface area contributed by atoms with E-state index in [4.69, 9.17) is 0 Å². The van der Waals surface area contributed by atoms with Gasteiger partial charge in [-0.15, -0.1) is 0 Å². The quantitative estimate of drug-likeness (QED) is 0.558. The lowest BCUT2D eigenvalue weighted by Gasteiger charge is -1.80. The zero-order chi connectivity index (χ0) is 5.98. The van der Waals surface area contributed by atoms with Crippen LogP contribution in [-0.4, -0.2) is 20.2 Å². The smallest absolute Gasteiger partial charge is 0.218 e. The van der Waals surface area contributed by atoms with Crippen LogP contribution in [0.1, 0.15) is 0 Å². The second-order valence-corrected chi connectivity index (χ2v) is 1.50. The minimum atomic E-state index is 0.389. The van der Waals surface area contributed by atoms with Gasteiger partial charge in [0, 0.05) is 6.20 Å². The number of rotatable bonds is 1. The summed E-state index contributed by atoms with van der Waals surface area (Å²) in [5.74, 6) is 0. The van der Waals surface area contributed by atoms with E-state index in [1.807, 2.05) is 0 Å². The molecule has 0 aliphatic carbocycles. The zero-order valence-corrected chi connectivity index (χ0v) is 4.85. The van der Waals surface area contributed by atoms with E-state index in [-0.39, 0.29) is 0 Å². The Morgan fingerprint density at radius 1 is 1.88 bits per heavy atom. The van der Waals surface area contributed by atoms with Gasteiger partial charge < -0.3 is 0 Å². The van der Waals surface area contributed by atoms with Crippen LogP contribution in [0.3, 0.4) is 0 Å². The van der Waals surface area contributed by atoms with Gasteiger partial charge in [-0.2, -0.15) is 5.21 Å². The van der Waals surface area contributed by atoms with Gasteiger partial charge in [0.25, 0.3) is 0 Å². The Labute approximate surface area is 50.8 Å². The van der Waals surface area contributed by atoms with Crippen LogP contribution in [-0.2, 0) is 0 Å². The minimum Gasteiger partial charge on any atom is -0.218 e. The van der Waals surface area contributed by atoms with Crippen molar-refractivity contribution in [3.63, 3.8) is 0 Å². The molecule has 1 N–H and O–H groups in total. The van der Waals surface area contributed by atoms with Gasteiger partial charge in [-0.3, -0.25) is 0 Å². The molecule has 0 spiro atoms. The van der Waals surface area contributed by atoms with Gasteiger partial charge in [-0.1, -0.05) is 16.9 Å². The molecule has 0 bridgehead atoms. The maximum atomic E-state index is 4.67. The predicted molar refractivity (Wildman–Crippen MR) is 31.6 cm³/mol. The van der Waals surface area contributed by atoms with Crippen molar-refractivity contribution in [3.05, 3.63) is 11.4 Å². The van der Waals surface area contributed by atoms with E-state index in [1.54, 1.807) is 0 Å². The Bertz CT molecular complexity index is 233. The normalized spacial score (nSPS) is 9.00. The summed E-state index contributed by atoms with van der Waals surface area (Å²) in [7, 11) is 0. The molecule has 1 aromatic rings. The zero-order valence-electron chi connectivity index (χ0n) is 4.03. The predicted octanol–water partition coefficient (Wildman–Crippen LogP) is 0.436. The molecule has 42 valence electrons. The number of hydrogen-bond acceptors (Lipinski definition) is 3. The molecule has 0 radical (unpaired) electrons. The number of hydrogen-bond donors (Lipinski definition) is 1. The first-order chi connectivity index (χ1) is 3.84. The highest BCUT2D eigenvalue weighted by atomic mass is 32.1. The van der Waals surface area contributed by atoms with E-state index < -0.39 is 0 Å². The second-order valence-electron chi connectivity index (χ2n) is 1.14. The van der Waals surface area contributed by atoms with E-state index in [2.05, 4.69) is 34.3 Å². The Hall–Kier alpha value is -0.970. The molecule has 1 rings (SSSR count). The fourth-order valence-corrected chi connectivity index (χ4v) is 0.479. The standard InChI is InChI=1S/C3H4N4S/c1-2-7-3(8)4-5-6-7/h2H,1H2,(H,4,6,8). The van der Waals surface area contributed by atoms with E-state index in [1.165, 1.54) is 10.9 Å². The van der Waals surface area contributed by atoms with Crippen molar-refractivity contribution in [2.45, 2.75) is 0 Å². The van der Waals surface area contributed by atoms with Crippen LogP contribution < -0.4 is 0 Å². The molecule has 0 fully saturated rings. The highest BCUT2D eigenvalue weighted by molar-refractivity contribution is 7.71. The van der Waals surface area contributed by atoms with Crippen LogP contribution in [0.15, 0.2) is 6.58 Å². The van der Waals surface area contributed by atoms with Gasteiger partial charge in [-0.05, 0) is 12.2 Å². The summed E-state index contributed by atoms with van der Waals surface area (Å²) in [5.41, 5.74) is 0. The fraction of sp³-hybridized carbons (Fsp3) is 0. The van der Waals surface area contributed by atoms with Crippen LogP contribution in [0.25, 0.3) is 6.20 Å². The first kappa shape index (κ1) is 5.17. The third-order valence-corrected chi connectivity index (χ3v) is 0.955. The van der Waals surface area contributed by atoms with E-state index in [9.17, 15) is 0 Å². The second kappa shape index (κ2) is 1.87. The van der Waals surface area contributed by atoms with Crippen molar-refractivity contribution >= 4 is 18.4 Å². The minimum absolute atomic E-state index is 0.389. The molecule has 1 aromatic heterocycles. The summed E-state index contributed by atoms with van der Waals surface area (Å²) in [5, 5.41) is 9.38. The summed E-state index contributed by atoms with van der Waals surface area (Å²) >= 11 is 4.67. The molecule has 0 aromatic carbocycles. The molecule has 0 saturated carbocycles. The molecule has 1 heterocycles. The van der Waals surface area contributed by atoms with Crippen LogP contribution in [0.2, 0.25) is 0 Å². The van der Waals surface area contributed by atoms with Crippen LogP contribution in [0.5, 0.6) is 0 Å². The highest BCUT2D eigenvalue weighted by Gasteiger charge is 1.83. The summed E-state index contributed by atoms with van der Waals surface area (Å²) in [6.07, 6.45) is 1.50. The van der Waals surface area contributed by atoms with E-state index in [0.29, 0.717) is 4.77 Å². The van der Waals surface area contributed by atoms with E-state index >= 15 is 0 Å². The molecule has 8 heavy (non-hydrogen) atoms. The number of nitrogens with zero attached hydrogens (tertiary/aromatic N) is 3. The van der Waals surface area contributed by atoms with Crippen molar-refractivity contribution in [2.75, 3.05) is 0 Å². The Balaban J connectivity index is 3.30. The van der Waals surface area contributed by atoms with Crippen molar-refractivity contribution in [1.82, 2.24) is 20.2 Å². The summed E-state index contributed by atoms with van der Waals surface area (Å²) in [6, 6.07) is 0. The Morgan fingerprint density at radius 3 is 2.88 bits per heavy atom. The lowest BCUT2D eigenvalue weighted by atomic mass is 11.0. The maximum absolute atomic E-state index is 4.67. The maximum Gasteiger partial charge on any atom is 0.242 e. The average molecular weight is 128 g/mol. The van der Waals surface area contributed by atoms with Gasteiger partial charge in [0.1, 0.15) is 0 Å². The van der Waals surface area contributed by atoms with Crippen molar-refractivity contribution < 1.29 is 0 Å². The van der Waals surface area contributed by atoms with Gasteiger partial charge >= 0.3 is 0 Å². The summed E-state index contributed by atoms with van der Waals surface area (Å²) < 4.78 is 1.83. The average Bonchev–Trinajstić information content (AvgIpc) is 2.14. The molecule has 0 aliphatic rings. The molecule has 0 saturated heterocycles. The third kappa shape index (κ3) is 0.671. The first-order valence-corrected chi connectivity index (χ1v) is 2.37. The lowest BCUT2D eigenvalue weighted by molar-refractivity contribution is 0.817. The van der Waals surface area contributed by atoms with Crippen molar-refractivity contribution in [2.24, 2.45) is 0 Å². The van der Waals surface area contributed by atoms with Crippen LogP contribution >= 0.6 is 12.2 Å². The lowest BCUT2D eigenvalue weighted by Crippen LogP contribution is -1.86. The molecule has 5 heteroatoms. The monoisotopic (exact) mass is 128 g/mol. The number of tetrazole rings is 1. The number of nitrogens with one attached hydrogen (secondary N) is 1. The van der Waals surface area contributed by atoms with Gasteiger partial charge in [0.05, 0.1) is 0 Å². The Morgan fingerprint density at radius 2 is 2.62 bits per heavy atom. The van der Waals surface area contributed by atoms with E-state index in [0.717, 1.165) is 0 Å². The number of H-pyrrole nitrogens is 1. The molecule has 0 aliphatic heterocycles. The topological polar surface area (TPSA) is 46.5 Å². The molecule has 0 unspecified atom stereocenters. The SMILES string of the molecule is C=Cn1[nH]nnc1=S. The van der Waals surface area contributed by atoms with Crippen LogP contribution in [0.4, 0.5) is 0 Å². The first-order valence-electron chi connectivity index (χ1n) is 1.96. The summed E-state index contributed by atoms with van der Waals surface area (Å²) in [4.78, 5) is 0. The number of aromatic nitrogens is 4. The molecule has 0 atom stereocenters. The molecular weight excluding hydrogens is 124 g/mol. The molecule has 4 nitrogen and oxygen atoms in total. The largest absolute Gasteiger partial charge is 0.242 e. The van der Waals surface area contributed by atoms with Crippen LogP contribution in [0, 0.1) is 4.77 Å². The van der Waals surface area contributed by atoms with Gasteiger partial charge in [0.2, 0.25) is 4.77 Å². The number of aromatic amines is 1.